The molecule has 5 nitrogen and oxygen atoms in total. The number of nitrogens with two attached hydrogens (primary N) is 1. The Hall–Kier alpha value is -1.98. The van der Waals surface area contributed by atoms with Gasteiger partial charge in [0.05, 0.1) is 6.54 Å². The second-order valence-electron chi connectivity index (χ2n) is 7.35. The number of fused-ring (bicyclic) bond motifs is 1. The first-order chi connectivity index (χ1) is 12.3. The summed E-state index contributed by atoms with van der Waals surface area (Å²) in [5.41, 5.74) is 7.21. The van der Waals surface area contributed by atoms with E-state index in [9.17, 15) is 0 Å². The van der Waals surface area contributed by atoms with Crippen LogP contribution in [-0.4, -0.2) is 45.4 Å². The van der Waals surface area contributed by atoms with E-state index in [1.165, 1.54) is 31.4 Å². The van der Waals surface area contributed by atoms with Gasteiger partial charge in [-0.05, 0) is 43.4 Å². The van der Waals surface area contributed by atoms with Crippen LogP contribution in [-0.2, 0) is 13.1 Å². The first kappa shape index (κ1) is 16.5. The first-order valence-electron chi connectivity index (χ1n) is 9.35. The maximum absolute atomic E-state index is 5.79. The Balaban J connectivity index is 1.38. The van der Waals surface area contributed by atoms with Gasteiger partial charge in [0, 0.05) is 31.9 Å². The average molecular weight is 337 g/mol. The maximum Gasteiger partial charge on any atom is 0.144 e. The van der Waals surface area contributed by atoms with Gasteiger partial charge in [-0.15, -0.1) is 0 Å². The van der Waals surface area contributed by atoms with Gasteiger partial charge in [-0.25, -0.2) is 9.97 Å². The van der Waals surface area contributed by atoms with Gasteiger partial charge >= 0.3 is 0 Å². The van der Waals surface area contributed by atoms with Crippen LogP contribution in [0, 0.1) is 5.92 Å². The van der Waals surface area contributed by atoms with Crippen LogP contribution in [0.4, 0.5) is 5.82 Å². The lowest BCUT2D eigenvalue weighted by atomic mass is 9.83. The SMILES string of the molecule is Nc1ccnc(CN2CCC3C(CCCN3Cc3ccccc3)C2)n1. The molecule has 3 heterocycles. The third-order valence-corrected chi connectivity index (χ3v) is 5.59. The minimum absolute atomic E-state index is 0.562. The van der Waals surface area contributed by atoms with Crippen molar-refractivity contribution in [2.45, 2.75) is 38.4 Å². The third-order valence-electron chi connectivity index (χ3n) is 5.59. The van der Waals surface area contributed by atoms with Crippen LogP contribution in [0.15, 0.2) is 42.6 Å². The van der Waals surface area contributed by atoms with Crippen LogP contribution in [0.1, 0.15) is 30.7 Å². The molecule has 2 saturated heterocycles. The summed E-state index contributed by atoms with van der Waals surface area (Å²) in [6.45, 7) is 5.39. The molecule has 0 spiro atoms. The van der Waals surface area contributed by atoms with E-state index in [0.717, 1.165) is 37.9 Å². The molecule has 2 fully saturated rings. The summed E-state index contributed by atoms with van der Waals surface area (Å²) in [6, 6.07) is 13.3. The van der Waals surface area contributed by atoms with Crippen molar-refractivity contribution in [1.29, 1.82) is 0 Å². The monoisotopic (exact) mass is 337 g/mol. The lowest BCUT2D eigenvalue weighted by Gasteiger charge is -2.47. The van der Waals surface area contributed by atoms with E-state index < -0.39 is 0 Å². The molecule has 0 bridgehead atoms. The van der Waals surface area contributed by atoms with E-state index in [0.29, 0.717) is 11.9 Å². The summed E-state index contributed by atoms with van der Waals surface area (Å²) in [6.07, 6.45) is 5.63. The highest BCUT2D eigenvalue weighted by molar-refractivity contribution is 5.25. The predicted molar refractivity (Wildman–Crippen MR) is 99.7 cm³/mol. The van der Waals surface area contributed by atoms with Gasteiger partial charge in [0.2, 0.25) is 0 Å². The number of rotatable bonds is 4. The summed E-state index contributed by atoms with van der Waals surface area (Å²) in [5.74, 6) is 2.16. The van der Waals surface area contributed by atoms with E-state index in [2.05, 4.69) is 50.1 Å². The molecular formula is C20H27N5. The molecule has 2 aliphatic heterocycles. The van der Waals surface area contributed by atoms with Gasteiger partial charge < -0.3 is 5.73 Å². The van der Waals surface area contributed by atoms with Crippen LogP contribution in [0.5, 0.6) is 0 Å². The zero-order valence-corrected chi connectivity index (χ0v) is 14.7. The Morgan fingerprint density at radius 3 is 2.76 bits per heavy atom. The van der Waals surface area contributed by atoms with Crippen molar-refractivity contribution in [3.05, 3.63) is 54.0 Å². The zero-order valence-electron chi connectivity index (χ0n) is 14.7. The second kappa shape index (κ2) is 7.50. The number of nitrogens with zero attached hydrogens (tertiary/aromatic N) is 4. The molecule has 1 aromatic carbocycles. The smallest absolute Gasteiger partial charge is 0.144 e. The molecule has 4 rings (SSSR count). The van der Waals surface area contributed by atoms with Gasteiger partial charge in [-0.3, -0.25) is 9.80 Å². The molecule has 25 heavy (non-hydrogen) atoms. The first-order valence-corrected chi connectivity index (χ1v) is 9.35. The largest absolute Gasteiger partial charge is 0.384 e. The summed E-state index contributed by atoms with van der Waals surface area (Å²) >= 11 is 0. The molecular weight excluding hydrogens is 310 g/mol. The molecule has 2 aliphatic rings. The zero-order chi connectivity index (χ0) is 17.1. The van der Waals surface area contributed by atoms with E-state index in [1.54, 1.807) is 12.3 Å². The van der Waals surface area contributed by atoms with Gasteiger partial charge in [0.1, 0.15) is 11.6 Å². The Bertz CT molecular complexity index is 689. The number of aromatic nitrogens is 2. The van der Waals surface area contributed by atoms with E-state index in [-0.39, 0.29) is 0 Å². The number of nitrogen functional groups attached to an aromatic ring is 1. The topological polar surface area (TPSA) is 58.3 Å². The normalized spacial score (nSPS) is 24.8. The summed E-state index contributed by atoms with van der Waals surface area (Å²) < 4.78 is 0. The van der Waals surface area contributed by atoms with Crippen molar-refractivity contribution in [2.75, 3.05) is 25.4 Å². The Kier molecular flexibility index (Phi) is 4.95. The molecule has 1 aromatic heterocycles. The van der Waals surface area contributed by atoms with Crippen LogP contribution >= 0.6 is 0 Å². The number of hydrogen-bond acceptors (Lipinski definition) is 5. The number of likely N-dealkylation sites (tertiary alicyclic amines) is 2. The van der Waals surface area contributed by atoms with Crippen LogP contribution in [0.25, 0.3) is 0 Å². The lowest BCUT2D eigenvalue weighted by Crippen LogP contribution is -2.53. The molecule has 132 valence electrons. The maximum atomic E-state index is 5.79. The summed E-state index contributed by atoms with van der Waals surface area (Å²) in [7, 11) is 0. The van der Waals surface area contributed by atoms with E-state index in [1.807, 2.05) is 0 Å². The minimum atomic E-state index is 0.562. The summed E-state index contributed by atoms with van der Waals surface area (Å²) in [4.78, 5) is 13.9. The molecule has 0 aliphatic carbocycles. The number of hydrogen-bond donors (Lipinski definition) is 1. The highest BCUT2D eigenvalue weighted by Gasteiger charge is 2.35. The molecule has 0 amide bonds. The van der Waals surface area contributed by atoms with E-state index >= 15 is 0 Å². The fourth-order valence-corrected chi connectivity index (χ4v) is 4.43. The molecule has 2 unspecified atom stereocenters. The second-order valence-corrected chi connectivity index (χ2v) is 7.35. The van der Waals surface area contributed by atoms with Gasteiger partial charge in [-0.1, -0.05) is 30.3 Å². The highest BCUT2D eigenvalue weighted by atomic mass is 15.2. The van der Waals surface area contributed by atoms with Crippen LogP contribution in [0.2, 0.25) is 0 Å². The van der Waals surface area contributed by atoms with Gasteiger partial charge in [0.15, 0.2) is 0 Å². The molecule has 2 N–H and O–H groups in total. The van der Waals surface area contributed by atoms with Crippen molar-refractivity contribution in [2.24, 2.45) is 5.92 Å². The fraction of sp³-hybridized carbons (Fsp3) is 0.500. The Morgan fingerprint density at radius 1 is 1.04 bits per heavy atom. The van der Waals surface area contributed by atoms with Gasteiger partial charge in [-0.2, -0.15) is 0 Å². The Morgan fingerprint density at radius 2 is 1.92 bits per heavy atom. The minimum Gasteiger partial charge on any atom is -0.384 e. The Labute approximate surface area is 149 Å². The molecule has 5 heteroatoms. The number of piperidine rings is 2. The molecule has 0 saturated carbocycles. The number of anilines is 1. The van der Waals surface area contributed by atoms with Crippen LogP contribution < -0.4 is 5.73 Å². The fourth-order valence-electron chi connectivity index (χ4n) is 4.43. The quantitative estimate of drug-likeness (QED) is 0.929. The van der Waals surface area contributed by atoms with Crippen molar-refractivity contribution < 1.29 is 0 Å². The average Bonchev–Trinajstić information content (AvgIpc) is 2.63. The number of benzene rings is 1. The predicted octanol–water partition coefficient (Wildman–Crippen LogP) is 2.55. The van der Waals surface area contributed by atoms with Crippen LogP contribution in [0.3, 0.4) is 0 Å². The third kappa shape index (κ3) is 3.99. The van der Waals surface area contributed by atoms with Crippen molar-refractivity contribution in [1.82, 2.24) is 19.8 Å². The molecule has 0 radical (unpaired) electrons. The standard InChI is InChI=1S/C20H27N5/c21-19-8-10-22-20(23-19)15-24-12-9-18-17(14-24)7-4-11-25(18)13-16-5-2-1-3-6-16/h1-3,5-6,8,10,17-18H,4,7,9,11-15H2,(H2,21,22,23). The highest BCUT2D eigenvalue weighted by Crippen LogP contribution is 2.32. The van der Waals surface area contributed by atoms with Crippen molar-refractivity contribution in [3.8, 4) is 0 Å². The van der Waals surface area contributed by atoms with Crippen molar-refractivity contribution >= 4 is 5.82 Å². The lowest BCUT2D eigenvalue weighted by molar-refractivity contribution is 0.0148. The molecule has 2 aromatic rings. The summed E-state index contributed by atoms with van der Waals surface area (Å²) in [5, 5.41) is 0. The molecule has 2 atom stereocenters. The van der Waals surface area contributed by atoms with Crippen molar-refractivity contribution in [3.63, 3.8) is 0 Å². The van der Waals surface area contributed by atoms with E-state index in [4.69, 9.17) is 5.73 Å². The van der Waals surface area contributed by atoms with Gasteiger partial charge in [0.25, 0.3) is 0 Å².